The van der Waals surface area contributed by atoms with Crippen LogP contribution in [0.15, 0.2) is 0 Å². The van der Waals surface area contributed by atoms with Gasteiger partial charge in [-0.25, -0.2) is 0 Å². The zero-order valence-electron chi connectivity index (χ0n) is 13.2. The van der Waals surface area contributed by atoms with Gasteiger partial charge in [-0.05, 0) is 61.7 Å². The molecule has 0 aromatic carbocycles. The molecule has 4 heteroatoms. The molecule has 4 rings (SSSR count). The van der Waals surface area contributed by atoms with Crippen molar-refractivity contribution in [3.63, 3.8) is 0 Å². The van der Waals surface area contributed by atoms with Crippen LogP contribution in [0.1, 0.15) is 51.9 Å². The standard InChI is InChI=1S/C17H27NO3/c1-11(16(20)21)10-18(2)15(19)9-17-6-12-3-13(7-17)5-14(4-12)8-17/h11-14H,3-10H2,1-2H3,(H,20,21). The van der Waals surface area contributed by atoms with Crippen LogP contribution in [-0.4, -0.2) is 35.5 Å². The van der Waals surface area contributed by atoms with Gasteiger partial charge in [0.15, 0.2) is 0 Å². The van der Waals surface area contributed by atoms with Crippen molar-refractivity contribution in [3.8, 4) is 0 Å². The van der Waals surface area contributed by atoms with Gasteiger partial charge in [0.2, 0.25) is 5.91 Å². The molecule has 4 aliphatic carbocycles. The van der Waals surface area contributed by atoms with Gasteiger partial charge < -0.3 is 10.0 Å². The van der Waals surface area contributed by atoms with Crippen LogP contribution in [0.3, 0.4) is 0 Å². The minimum absolute atomic E-state index is 0.144. The minimum atomic E-state index is -0.829. The minimum Gasteiger partial charge on any atom is -0.481 e. The zero-order chi connectivity index (χ0) is 15.2. The molecule has 4 fully saturated rings. The zero-order valence-corrected chi connectivity index (χ0v) is 13.2. The molecule has 1 N–H and O–H groups in total. The number of nitrogens with zero attached hydrogens (tertiary/aromatic N) is 1. The first-order valence-corrected chi connectivity index (χ1v) is 8.34. The van der Waals surface area contributed by atoms with Gasteiger partial charge in [0, 0.05) is 20.0 Å². The molecule has 0 aromatic rings. The highest BCUT2D eigenvalue weighted by molar-refractivity contribution is 5.78. The molecule has 0 aliphatic heterocycles. The lowest BCUT2D eigenvalue weighted by Gasteiger charge is -2.56. The van der Waals surface area contributed by atoms with E-state index in [0.29, 0.717) is 13.0 Å². The molecule has 1 amide bonds. The van der Waals surface area contributed by atoms with Crippen molar-refractivity contribution >= 4 is 11.9 Å². The predicted octanol–water partition coefficient (Wildman–Crippen LogP) is 2.77. The Morgan fingerprint density at radius 1 is 1.14 bits per heavy atom. The Morgan fingerprint density at radius 3 is 2.05 bits per heavy atom. The summed E-state index contributed by atoms with van der Waals surface area (Å²) in [5, 5.41) is 8.98. The fourth-order valence-corrected chi connectivity index (χ4v) is 5.55. The van der Waals surface area contributed by atoms with Crippen molar-refractivity contribution in [2.75, 3.05) is 13.6 Å². The maximum Gasteiger partial charge on any atom is 0.308 e. The second-order valence-corrected chi connectivity index (χ2v) is 8.11. The molecule has 0 spiro atoms. The fraction of sp³-hybridized carbons (Fsp3) is 0.882. The van der Waals surface area contributed by atoms with E-state index in [1.54, 1.807) is 18.9 Å². The molecular weight excluding hydrogens is 266 g/mol. The third kappa shape index (κ3) is 2.95. The average Bonchev–Trinajstić information content (AvgIpc) is 2.35. The molecule has 118 valence electrons. The molecule has 0 saturated heterocycles. The number of hydrogen-bond donors (Lipinski definition) is 1. The first-order chi connectivity index (χ1) is 9.87. The van der Waals surface area contributed by atoms with E-state index >= 15 is 0 Å². The second-order valence-electron chi connectivity index (χ2n) is 8.11. The Bertz CT molecular complexity index is 410. The van der Waals surface area contributed by atoms with E-state index in [0.717, 1.165) is 17.8 Å². The molecule has 0 aromatic heterocycles. The quantitative estimate of drug-likeness (QED) is 0.848. The first kappa shape index (κ1) is 14.9. The number of carbonyl (C=O) groups excluding carboxylic acids is 1. The highest BCUT2D eigenvalue weighted by Gasteiger charge is 2.51. The van der Waals surface area contributed by atoms with Gasteiger partial charge in [-0.2, -0.15) is 0 Å². The van der Waals surface area contributed by atoms with E-state index in [1.807, 2.05) is 0 Å². The number of amides is 1. The van der Waals surface area contributed by atoms with Crippen molar-refractivity contribution < 1.29 is 14.7 Å². The molecule has 4 bridgehead atoms. The molecule has 1 unspecified atom stereocenters. The SMILES string of the molecule is CC(CN(C)C(=O)CC12CC3CC(CC(C3)C1)C2)C(=O)O. The summed E-state index contributed by atoms with van der Waals surface area (Å²) in [5.74, 6) is 1.39. The van der Waals surface area contributed by atoms with Gasteiger partial charge >= 0.3 is 5.97 Å². The normalized spacial score (nSPS) is 38.3. The predicted molar refractivity (Wildman–Crippen MR) is 79.7 cm³/mol. The topological polar surface area (TPSA) is 57.6 Å². The van der Waals surface area contributed by atoms with E-state index in [4.69, 9.17) is 5.11 Å². The number of hydrogen-bond acceptors (Lipinski definition) is 2. The average molecular weight is 293 g/mol. The van der Waals surface area contributed by atoms with Crippen LogP contribution in [0.25, 0.3) is 0 Å². The Kier molecular flexibility index (Phi) is 3.74. The summed E-state index contributed by atoms with van der Waals surface area (Å²) in [6.45, 7) is 1.98. The molecule has 4 aliphatic rings. The number of carboxylic acids is 1. The smallest absolute Gasteiger partial charge is 0.308 e. The Labute approximate surface area is 126 Å². The number of carboxylic acid groups (broad SMARTS) is 1. The Morgan fingerprint density at radius 2 is 1.62 bits per heavy atom. The lowest BCUT2D eigenvalue weighted by atomic mass is 9.49. The van der Waals surface area contributed by atoms with Crippen molar-refractivity contribution in [2.24, 2.45) is 29.1 Å². The van der Waals surface area contributed by atoms with Gasteiger partial charge in [0.05, 0.1) is 5.92 Å². The molecule has 21 heavy (non-hydrogen) atoms. The van der Waals surface area contributed by atoms with E-state index in [9.17, 15) is 9.59 Å². The molecule has 0 heterocycles. The van der Waals surface area contributed by atoms with Crippen LogP contribution in [0.2, 0.25) is 0 Å². The highest BCUT2D eigenvalue weighted by Crippen LogP contribution is 2.61. The monoisotopic (exact) mass is 293 g/mol. The summed E-state index contributed by atoms with van der Waals surface area (Å²) < 4.78 is 0. The van der Waals surface area contributed by atoms with Crippen LogP contribution in [0.5, 0.6) is 0 Å². The van der Waals surface area contributed by atoms with Gasteiger partial charge in [0.25, 0.3) is 0 Å². The van der Waals surface area contributed by atoms with E-state index in [-0.39, 0.29) is 11.3 Å². The van der Waals surface area contributed by atoms with Crippen molar-refractivity contribution in [2.45, 2.75) is 51.9 Å². The van der Waals surface area contributed by atoms with E-state index in [1.165, 1.54) is 38.5 Å². The fourth-order valence-electron chi connectivity index (χ4n) is 5.55. The van der Waals surface area contributed by atoms with Crippen molar-refractivity contribution in [3.05, 3.63) is 0 Å². The van der Waals surface area contributed by atoms with Gasteiger partial charge in [-0.1, -0.05) is 6.92 Å². The Balaban J connectivity index is 1.61. The first-order valence-electron chi connectivity index (χ1n) is 8.34. The lowest BCUT2D eigenvalue weighted by molar-refractivity contribution is -0.144. The van der Waals surface area contributed by atoms with Gasteiger partial charge in [-0.3, -0.25) is 9.59 Å². The summed E-state index contributed by atoms with van der Waals surface area (Å²) in [4.78, 5) is 25.1. The van der Waals surface area contributed by atoms with Gasteiger partial charge in [0.1, 0.15) is 0 Å². The maximum absolute atomic E-state index is 12.5. The molecule has 1 atom stereocenters. The molecular formula is C17H27NO3. The van der Waals surface area contributed by atoms with E-state index < -0.39 is 11.9 Å². The maximum atomic E-state index is 12.5. The number of carbonyl (C=O) groups is 2. The Hall–Kier alpha value is -1.06. The largest absolute Gasteiger partial charge is 0.481 e. The second kappa shape index (κ2) is 5.29. The number of rotatable bonds is 5. The number of aliphatic carboxylic acids is 1. The van der Waals surface area contributed by atoms with Crippen LogP contribution in [0.4, 0.5) is 0 Å². The van der Waals surface area contributed by atoms with Crippen LogP contribution in [0, 0.1) is 29.1 Å². The van der Waals surface area contributed by atoms with Crippen molar-refractivity contribution in [1.82, 2.24) is 4.90 Å². The summed E-state index contributed by atoms with van der Waals surface area (Å²) >= 11 is 0. The summed E-state index contributed by atoms with van der Waals surface area (Å²) in [5.41, 5.74) is 0.243. The molecule has 4 saturated carbocycles. The third-order valence-electron chi connectivity index (χ3n) is 6.09. The van der Waals surface area contributed by atoms with Crippen LogP contribution < -0.4 is 0 Å². The highest BCUT2D eigenvalue weighted by atomic mass is 16.4. The summed E-state index contributed by atoms with van der Waals surface area (Å²) in [7, 11) is 1.75. The third-order valence-corrected chi connectivity index (χ3v) is 6.09. The molecule has 4 nitrogen and oxygen atoms in total. The summed E-state index contributed by atoms with van der Waals surface area (Å²) in [6.07, 6.45) is 8.49. The van der Waals surface area contributed by atoms with Crippen LogP contribution in [-0.2, 0) is 9.59 Å². The van der Waals surface area contributed by atoms with Crippen molar-refractivity contribution in [1.29, 1.82) is 0 Å². The van der Waals surface area contributed by atoms with Gasteiger partial charge in [-0.15, -0.1) is 0 Å². The lowest BCUT2D eigenvalue weighted by Crippen LogP contribution is -2.48. The molecule has 0 radical (unpaired) electrons. The van der Waals surface area contributed by atoms with Crippen LogP contribution >= 0.6 is 0 Å². The summed E-state index contributed by atoms with van der Waals surface area (Å²) in [6, 6.07) is 0. The van der Waals surface area contributed by atoms with E-state index in [2.05, 4.69) is 0 Å².